The molecule has 2 heterocycles. The van der Waals surface area contributed by atoms with Crippen molar-refractivity contribution < 1.29 is 14.3 Å². The van der Waals surface area contributed by atoms with Gasteiger partial charge in [-0.05, 0) is 62.1 Å². The Bertz CT molecular complexity index is 952. The van der Waals surface area contributed by atoms with Crippen LogP contribution in [0.15, 0.2) is 36.4 Å². The van der Waals surface area contributed by atoms with Crippen LogP contribution in [0.4, 0.5) is 10.5 Å². The van der Waals surface area contributed by atoms with E-state index in [1.165, 1.54) is 0 Å². The lowest BCUT2D eigenvalue weighted by atomic mass is 10.1. The van der Waals surface area contributed by atoms with Gasteiger partial charge in [-0.1, -0.05) is 11.6 Å². The van der Waals surface area contributed by atoms with E-state index >= 15 is 0 Å². The van der Waals surface area contributed by atoms with Gasteiger partial charge in [0.05, 0.1) is 22.6 Å². The summed E-state index contributed by atoms with van der Waals surface area (Å²) in [6.45, 7) is 0.585. The van der Waals surface area contributed by atoms with Crippen molar-refractivity contribution in [1.29, 1.82) is 0 Å². The number of carbonyl (C=O) groups excluding carboxylic acids is 2. The zero-order valence-electron chi connectivity index (χ0n) is 15.3. The minimum absolute atomic E-state index is 0.0848. The van der Waals surface area contributed by atoms with Crippen molar-refractivity contribution in [3.8, 4) is 0 Å². The number of hydrogen-bond acceptors (Lipinski definition) is 4. The average molecular weight is 398 g/mol. The van der Waals surface area contributed by atoms with Crippen molar-refractivity contribution in [2.75, 3.05) is 11.4 Å². The largest absolute Gasteiger partial charge is 0.446 e. The number of anilines is 1. The molecule has 5 rings (SSSR count). The van der Waals surface area contributed by atoms with E-state index in [1.54, 1.807) is 29.2 Å². The van der Waals surface area contributed by atoms with Crippen LogP contribution < -0.4 is 10.2 Å². The second-order valence-corrected chi connectivity index (χ2v) is 8.13. The molecule has 2 saturated carbocycles. The third-order valence-corrected chi connectivity index (χ3v) is 5.78. The molecule has 0 bridgehead atoms. The molecule has 0 spiro atoms. The Morgan fingerprint density at radius 2 is 1.89 bits per heavy atom. The maximum atomic E-state index is 12.6. The van der Waals surface area contributed by atoms with Crippen LogP contribution in [0, 0.1) is 0 Å². The summed E-state index contributed by atoms with van der Waals surface area (Å²) >= 11 is 5.90. The van der Waals surface area contributed by atoms with Gasteiger partial charge in [-0.2, -0.15) is 0 Å². The molecule has 1 aromatic heterocycles. The number of ether oxygens (including phenoxy) is 1. The van der Waals surface area contributed by atoms with Gasteiger partial charge in [-0.15, -0.1) is 0 Å². The summed E-state index contributed by atoms with van der Waals surface area (Å²) in [5.74, 6) is -0.133. The molecule has 28 heavy (non-hydrogen) atoms. The molecule has 0 unspecified atom stereocenters. The zero-order chi connectivity index (χ0) is 19.3. The average Bonchev–Trinajstić information content (AvgIpc) is 3.61. The van der Waals surface area contributed by atoms with Gasteiger partial charge in [0.1, 0.15) is 6.10 Å². The number of halogens is 1. The molecular weight excluding hydrogens is 378 g/mol. The SMILES string of the molecule is O=C(NC1(c2ccc3c(n2)CCN3C(=O)OC2CC2)CC1)c1ccc(Cl)cc1. The number of carbonyl (C=O) groups is 2. The number of nitrogens with one attached hydrogen (secondary N) is 1. The number of hydrogen-bond donors (Lipinski definition) is 1. The van der Waals surface area contributed by atoms with Gasteiger partial charge in [0.2, 0.25) is 0 Å². The smallest absolute Gasteiger partial charge is 0.414 e. The number of benzene rings is 1. The lowest BCUT2D eigenvalue weighted by Crippen LogP contribution is -2.35. The predicted molar refractivity (Wildman–Crippen MR) is 105 cm³/mol. The van der Waals surface area contributed by atoms with Crippen molar-refractivity contribution in [3.63, 3.8) is 0 Å². The summed E-state index contributed by atoms with van der Waals surface area (Å²) in [4.78, 5) is 31.4. The molecule has 1 aromatic carbocycles. The summed E-state index contributed by atoms with van der Waals surface area (Å²) in [7, 11) is 0. The fraction of sp³-hybridized carbons (Fsp3) is 0.381. The van der Waals surface area contributed by atoms with Crippen LogP contribution in [0.2, 0.25) is 5.02 Å². The molecule has 6 nitrogen and oxygen atoms in total. The molecule has 2 fully saturated rings. The van der Waals surface area contributed by atoms with Crippen molar-refractivity contribution in [2.24, 2.45) is 0 Å². The molecule has 0 saturated heterocycles. The van der Waals surface area contributed by atoms with Crippen molar-refractivity contribution in [1.82, 2.24) is 10.3 Å². The minimum atomic E-state index is -0.423. The summed E-state index contributed by atoms with van der Waals surface area (Å²) in [6.07, 6.45) is 4.12. The van der Waals surface area contributed by atoms with E-state index < -0.39 is 5.54 Å². The maximum absolute atomic E-state index is 12.6. The zero-order valence-corrected chi connectivity index (χ0v) is 16.0. The number of aromatic nitrogens is 1. The van der Waals surface area contributed by atoms with Crippen LogP contribution in [0.1, 0.15) is 47.4 Å². The minimum Gasteiger partial charge on any atom is -0.446 e. The highest BCUT2D eigenvalue weighted by molar-refractivity contribution is 6.30. The first kappa shape index (κ1) is 17.5. The lowest BCUT2D eigenvalue weighted by Gasteiger charge is -2.20. The topological polar surface area (TPSA) is 71.5 Å². The van der Waals surface area contributed by atoms with E-state index in [4.69, 9.17) is 21.3 Å². The highest BCUT2D eigenvalue weighted by Crippen LogP contribution is 2.46. The van der Waals surface area contributed by atoms with Gasteiger partial charge in [-0.25, -0.2) is 4.79 Å². The van der Waals surface area contributed by atoms with Crippen LogP contribution in [0.3, 0.4) is 0 Å². The molecule has 2 aromatic rings. The van der Waals surface area contributed by atoms with E-state index in [9.17, 15) is 9.59 Å². The molecule has 0 radical (unpaired) electrons. The number of pyridine rings is 1. The third kappa shape index (κ3) is 3.22. The van der Waals surface area contributed by atoms with E-state index in [-0.39, 0.29) is 18.1 Å². The molecule has 1 aliphatic heterocycles. The number of nitrogens with zero attached hydrogens (tertiary/aromatic N) is 2. The standard InChI is InChI=1S/C21H20ClN3O3/c22-14-3-1-13(2-4-14)19(26)24-21(10-11-21)18-8-7-17-16(23-18)9-12-25(17)20(27)28-15-5-6-15/h1-4,7-8,15H,5-6,9-12H2,(H,24,26). The Balaban J connectivity index is 1.33. The second kappa shape index (κ2) is 6.48. The predicted octanol–water partition coefficient (Wildman–Crippen LogP) is 3.82. The highest BCUT2D eigenvalue weighted by atomic mass is 35.5. The van der Waals surface area contributed by atoms with Crippen molar-refractivity contribution in [3.05, 3.63) is 58.4 Å². The number of amides is 2. The Kier molecular flexibility index (Phi) is 4.05. The Labute approximate surface area is 167 Å². The molecule has 2 aliphatic carbocycles. The van der Waals surface area contributed by atoms with Crippen LogP contribution in [0.25, 0.3) is 0 Å². The van der Waals surface area contributed by atoms with Crippen LogP contribution >= 0.6 is 11.6 Å². The summed E-state index contributed by atoms with van der Waals surface area (Å²) in [5.41, 5.74) is 2.71. The van der Waals surface area contributed by atoms with Crippen molar-refractivity contribution >= 4 is 29.3 Å². The van der Waals surface area contributed by atoms with E-state index in [0.29, 0.717) is 23.6 Å². The van der Waals surface area contributed by atoms with Crippen molar-refractivity contribution in [2.45, 2.75) is 43.7 Å². The molecule has 2 amide bonds. The van der Waals surface area contributed by atoms with E-state index in [1.807, 2.05) is 12.1 Å². The quantitative estimate of drug-likeness (QED) is 0.851. The molecule has 7 heteroatoms. The fourth-order valence-electron chi connectivity index (χ4n) is 3.57. The normalized spacial score (nSPS) is 19.1. The fourth-order valence-corrected chi connectivity index (χ4v) is 3.70. The van der Waals surface area contributed by atoms with Gasteiger partial charge >= 0.3 is 6.09 Å². The third-order valence-electron chi connectivity index (χ3n) is 5.52. The number of rotatable bonds is 4. The second-order valence-electron chi connectivity index (χ2n) is 7.69. The van der Waals surface area contributed by atoms with E-state index in [2.05, 4.69) is 5.32 Å². The molecular formula is C21H20ClN3O3. The highest BCUT2D eigenvalue weighted by Gasteiger charge is 2.47. The summed E-state index contributed by atoms with van der Waals surface area (Å²) in [6, 6.07) is 10.7. The Morgan fingerprint density at radius 3 is 2.57 bits per heavy atom. The first-order valence-corrected chi connectivity index (χ1v) is 9.98. The van der Waals surface area contributed by atoms with Crippen LogP contribution in [-0.2, 0) is 16.7 Å². The van der Waals surface area contributed by atoms with Gasteiger partial charge < -0.3 is 10.1 Å². The molecule has 144 valence electrons. The monoisotopic (exact) mass is 397 g/mol. The molecule has 0 atom stereocenters. The Hall–Kier alpha value is -2.60. The lowest BCUT2D eigenvalue weighted by molar-refractivity contribution is 0.0929. The van der Waals surface area contributed by atoms with Crippen LogP contribution in [0.5, 0.6) is 0 Å². The summed E-state index contributed by atoms with van der Waals surface area (Å²) < 4.78 is 5.41. The van der Waals surface area contributed by atoms with Crippen LogP contribution in [-0.4, -0.2) is 29.6 Å². The number of fused-ring (bicyclic) bond motifs is 1. The summed E-state index contributed by atoms with van der Waals surface area (Å²) in [5, 5.41) is 3.73. The van der Waals surface area contributed by atoms with Gasteiger partial charge in [0, 0.05) is 23.6 Å². The molecule has 3 aliphatic rings. The first-order chi connectivity index (χ1) is 13.5. The van der Waals surface area contributed by atoms with Gasteiger partial charge in [-0.3, -0.25) is 14.7 Å². The Morgan fingerprint density at radius 1 is 1.14 bits per heavy atom. The van der Waals surface area contributed by atoms with E-state index in [0.717, 1.165) is 42.8 Å². The van der Waals surface area contributed by atoms with Gasteiger partial charge in [0.25, 0.3) is 5.91 Å². The maximum Gasteiger partial charge on any atom is 0.414 e. The molecule has 1 N–H and O–H groups in total. The van der Waals surface area contributed by atoms with Gasteiger partial charge in [0.15, 0.2) is 0 Å². The first-order valence-electron chi connectivity index (χ1n) is 9.61.